The van der Waals surface area contributed by atoms with Gasteiger partial charge in [-0.25, -0.2) is 4.39 Å². The zero-order valence-electron chi connectivity index (χ0n) is 12.8. The Morgan fingerprint density at radius 1 is 1.18 bits per heavy atom. The molecule has 0 amide bonds. The van der Waals surface area contributed by atoms with Crippen LogP contribution in [0.2, 0.25) is 0 Å². The molecule has 2 aromatic carbocycles. The van der Waals surface area contributed by atoms with Gasteiger partial charge in [-0.05, 0) is 29.8 Å². The van der Waals surface area contributed by atoms with Crippen LogP contribution in [0.1, 0.15) is 17.9 Å². The number of hydrogen-bond donors (Lipinski definition) is 0. The number of rotatable bonds is 6. The van der Waals surface area contributed by atoms with Crippen LogP contribution in [0, 0.1) is 17.1 Å². The summed E-state index contributed by atoms with van der Waals surface area (Å²) < 4.78 is 18.6. The minimum Gasteiger partial charge on any atom is -0.493 e. The normalized spacial score (nSPS) is 11.5. The first kappa shape index (κ1) is 15.8. The lowest BCUT2D eigenvalue weighted by Gasteiger charge is -2.15. The highest BCUT2D eigenvalue weighted by Crippen LogP contribution is 2.22. The lowest BCUT2D eigenvalue weighted by atomic mass is 9.98. The highest BCUT2D eigenvalue weighted by Gasteiger charge is 2.11. The molecule has 0 saturated carbocycles. The molecule has 0 bridgehead atoms. The number of nitrogens with zero attached hydrogens (tertiary/aromatic N) is 2. The lowest BCUT2D eigenvalue weighted by molar-refractivity contribution is 0.306. The Morgan fingerprint density at radius 3 is 2.55 bits per heavy atom. The number of nitriles is 1. The smallest absolute Gasteiger partial charge is 0.123 e. The summed E-state index contributed by atoms with van der Waals surface area (Å²) in [7, 11) is 3.94. The molecule has 0 spiro atoms. The molecule has 1 atom stereocenters. The Balaban J connectivity index is 1.93. The summed E-state index contributed by atoms with van der Waals surface area (Å²) in [5.74, 6) is 0.191. The number of ether oxygens (including phenoxy) is 1. The third-order valence-corrected chi connectivity index (χ3v) is 3.44. The standard InChI is InChI=1S/C18H19FN2O/c1-21(2)17-4-3-5-18(12-17)22-11-10-15(13-20)14-6-8-16(19)9-7-14/h3-9,12,15H,10-11H2,1-2H3. The first-order chi connectivity index (χ1) is 10.6. The molecule has 114 valence electrons. The second-order valence-corrected chi connectivity index (χ2v) is 5.26. The molecule has 4 heteroatoms. The number of halogens is 1. The van der Waals surface area contributed by atoms with Crippen molar-refractivity contribution in [2.45, 2.75) is 12.3 Å². The molecule has 0 aliphatic heterocycles. The summed E-state index contributed by atoms with van der Waals surface area (Å²) in [5, 5.41) is 9.26. The van der Waals surface area contributed by atoms with Gasteiger partial charge >= 0.3 is 0 Å². The van der Waals surface area contributed by atoms with Crippen molar-refractivity contribution in [2.75, 3.05) is 25.6 Å². The van der Waals surface area contributed by atoms with E-state index in [-0.39, 0.29) is 11.7 Å². The van der Waals surface area contributed by atoms with Crippen LogP contribution >= 0.6 is 0 Å². The molecule has 0 N–H and O–H groups in total. The Kier molecular flexibility index (Phi) is 5.37. The first-order valence-electron chi connectivity index (χ1n) is 7.15. The van der Waals surface area contributed by atoms with Crippen LogP contribution < -0.4 is 9.64 Å². The largest absolute Gasteiger partial charge is 0.493 e. The van der Waals surface area contributed by atoms with Gasteiger partial charge in [0.25, 0.3) is 0 Å². The molecule has 2 aromatic rings. The van der Waals surface area contributed by atoms with Gasteiger partial charge in [-0.3, -0.25) is 0 Å². The molecule has 0 radical (unpaired) electrons. The number of hydrogen-bond acceptors (Lipinski definition) is 3. The lowest BCUT2D eigenvalue weighted by Crippen LogP contribution is -2.09. The fraction of sp³-hybridized carbons (Fsp3) is 0.278. The number of anilines is 1. The fourth-order valence-electron chi connectivity index (χ4n) is 2.15. The molecule has 0 fully saturated rings. The highest BCUT2D eigenvalue weighted by atomic mass is 19.1. The zero-order valence-corrected chi connectivity index (χ0v) is 12.8. The third-order valence-electron chi connectivity index (χ3n) is 3.44. The van der Waals surface area contributed by atoms with Gasteiger partial charge in [0.15, 0.2) is 0 Å². The van der Waals surface area contributed by atoms with E-state index >= 15 is 0 Å². The van der Waals surface area contributed by atoms with E-state index in [1.807, 2.05) is 43.3 Å². The maximum absolute atomic E-state index is 12.9. The maximum atomic E-state index is 12.9. The van der Waals surface area contributed by atoms with Crippen molar-refractivity contribution in [3.8, 4) is 11.8 Å². The molecule has 0 aliphatic carbocycles. The van der Waals surface area contributed by atoms with Crippen molar-refractivity contribution in [1.29, 1.82) is 5.26 Å². The third kappa shape index (κ3) is 4.23. The van der Waals surface area contributed by atoms with Crippen LogP contribution in [-0.2, 0) is 0 Å². The van der Waals surface area contributed by atoms with Gasteiger partial charge < -0.3 is 9.64 Å². The van der Waals surface area contributed by atoms with Gasteiger partial charge in [-0.15, -0.1) is 0 Å². The average Bonchev–Trinajstić information content (AvgIpc) is 2.53. The van der Waals surface area contributed by atoms with Crippen molar-refractivity contribution in [3.63, 3.8) is 0 Å². The molecule has 0 heterocycles. The monoisotopic (exact) mass is 298 g/mol. The van der Waals surface area contributed by atoms with E-state index in [1.165, 1.54) is 12.1 Å². The van der Waals surface area contributed by atoms with Crippen LogP contribution in [0.5, 0.6) is 5.75 Å². The summed E-state index contributed by atoms with van der Waals surface area (Å²) in [6.45, 7) is 0.437. The molecule has 1 unspecified atom stereocenters. The van der Waals surface area contributed by atoms with Gasteiger partial charge in [-0.2, -0.15) is 5.26 Å². The molecular weight excluding hydrogens is 279 g/mol. The molecular formula is C18H19FN2O. The SMILES string of the molecule is CN(C)c1cccc(OCCC(C#N)c2ccc(F)cc2)c1. The van der Waals surface area contributed by atoms with Gasteiger partial charge in [0, 0.05) is 32.3 Å². The molecule has 22 heavy (non-hydrogen) atoms. The fourth-order valence-corrected chi connectivity index (χ4v) is 2.15. The van der Waals surface area contributed by atoms with E-state index in [9.17, 15) is 9.65 Å². The Bertz CT molecular complexity index is 647. The van der Waals surface area contributed by atoms with Crippen LogP contribution in [-0.4, -0.2) is 20.7 Å². The van der Waals surface area contributed by atoms with Crippen LogP contribution in [0.25, 0.3) is 0 Å². The molecule has 0 saturated heterocycles. The minimum absolute atomic E-state index is 0.294. The molecule has 0 aliphatic rings. The summed E-state index contributed by atoms with van der Waals surface area (Å²) in [6, 6.07) is 16.1. The second kappa shape index (κ2) is 7.46. The van der Waals surface area contributed by atoms with Crippen molar-refractivity contribution >= 4 is 5.69 Å². The summed E-state index contributed by atoms with van der Waals surface area (Å²) in [6.07, 6.45) is 0.564. The van der Waals surface area contributed by atoms with E-state index < -0.39 is 0 Å². The van der Waals surface area contributed by atoms with Crippen LogP contribution in [0.15, 0.2) is 48.5 Å². The van der Waals surface area contributed by atoms with Gasteiger partial charge in [-0.1, -0.05) is 18.2 Å². The zero-order chi connectivity index (χ0) is 15.9. The Labute approximate surface area is 130 Å². The summed E-state index contributed by atoms with van der Waals surface area (Å²) in [5.41, 5.74) is 1.88. The van der Waals surface area contributed by atoms with Crippen LogP contribution in [0.3, 0.4) is 0 Å². The maximum Gasteiger partial charge on any atom is 0.123 e. The van der Waals surface area contributed by atoms with Crippen molar-refractivity contribution in [3.05, 3.63) is 59.9 Å². The van der Waals surface area contributed by atoms with Gasteiger partial charge in [0.05, 0.1) is 18.6 Å². The highest BCUT2D eigenvalue weighted by molar-refractivity contribution is 5.49. The van der Waals surface area contributed by atoms with E-state index in [0.717, 1.165) is 17.0 Å². The Morgan fingerprint density at radius 2 is 1.91 bits per heavy atom. The predicted molar refractivity (Wildman–Crippen MR) is 85.6 cm³/mol. The van der Waals surface area contributed by atoms with E-state index in [1.54, 1.807) is 12.1 Å². The second-order valence-electron chi connectivity index (χ2n) is 5.26. The predicted octanol–water partition coefficient (Wildman–Crippen LogP) is 3.97. The van der Waals surface area contributed by atoms with E-state index in [0.29, 0.717) is 13.0 Å². The first-order valence-corrected chi connectivity index (χ1v) is 7.15. The van der Waals surface area contributed by atoms with Crippen molar-refractivity contribution in [1.82, 2.24) is 0 Å². The van der Waals surface area contributed by atoms with Crippen molar-refractivity contribution < 1.29 is 9.13 Å². The molecule has 2 rings (SSSR count). The van der Waals surface area contributed by atoms with E-state index in [2.05, 4.69) is 6.07 Å². The Hall–Kier alpha value is -2.54. The molecule has 3 nitrogen and oxygen atoms in total. The van der Waals surface area contributed by atoms with E-state index in [4.69, 9.17) is 4.74 Å². The van der Waals surface area contributed by atoms with Crippen LogP contribution in [0.4, 0.5) is 10.1 Å². The molecule has 0 aromatic heterocycles. The van der Waals surface area contributed by atoms with Gasteiger partial charge in [0.1, 0.15) is 11.6 Å². The minimum atomic E-state index is -0.294. The average molecular weight is 298 g/mol. The van der Waals surface area contributed by atoms with Crippen molar-refractivity contribution in [2.24, 2.45) is 0 Å². The quantitative estimate of drug-likeness (QED) is 0.809. The summed E-state index contributed by atoms with van der Waals surface area (Å²) >= 11 is 0. The van der Waals surface area contributed by atoms with Gasteiger partial charge in [0.2, 0.25) is 0 Å². The number of benzene rings is 2. The summed E-state index contributed by atoms with van der Waals surface area (Å²) in [4.78, 5) is 2.00. The topological polar surface area (TPSA) is 36.3 Å².